The van der Waals surface area contributed by atoms with Gasteiger partial charge in [-0.05, 0) is 37.8 Å². The Kier molecular flexibility index (Phi) is 3.77. The van der Waals surface area contributed by atoms with Crippen LogP contribution in [0, 0.1) is 11.3 Å². The Balaban J connectivity index is 1.50. The zero-order valence-electron chi connectivity index (χ0n) is 12.1. The number of nitrogens with one attached hydrogen (secondary N) is 2. The highest BCUT2D eigenvalue weighted by Gasteiger charge is 2.57. The number of hydrogen-bond donors (Lipinski definition) is 2. The second-order valence-corrected chi connectivity index (χ2v) is 7.37. The molecule has 2 heterocycles. The van der Waals surface area contributed by atoms with E-state index in [1.807, 2.05) is 0 Å². The molecule has 2 fully saturated rings. The van der Waals surface area contributed by atoms with Crippen molar-refractivity contribution in [3.05, 3.63) is 10.0 Å². The molecule has 110 valence electrons. The fraction of sp³-hybridized carbons (Fsp3) is 0.786. The second kappa shape index (κ2) is 5.41. The van der Waals surface area contributed by atoms with Crippen molar-refractivity contribution in [2.24, 2.45) is 11.3 Å². The van der Waals surface area contributed by atoms with E-state index in [4.69, 9.17) is 0 Å². The van der Waals surface area contributed by atoms with Gasteiger partial charge < -0.3 is 10.6 Å². The van der Waals surface area contributed by atoms with Crippen LogP contribution in [-0.2, 0) is 11.3 Å². The standard InChI is InChI=1S/C14H22N4OS/c1-9(2)13-18-17-11(20-13)8-16-12(19)10-7-14(10)3-5-15-6-4-14/h9-10,15H,3-8H2,1-2H3,(H,16,19). The zero-order valence-corrected chi connectivity index (χ0v) is 12.9. The number of rotatable bonds is 4. The number of carbonyl (C=O) groups excluding carboxylic acids is 1. The summed E-state index contributed by atoms with van der Waals surface area (Å²) in [6, 6.07) is 0. The smallest absolute Gasteiger partial charge is 0.224 e. The molecule has 1 saturated heterocycles. The maximum absolute atomic E-state index is 12.2. The number of carbonyl (C=O) groups is 1. The van der Waals surface area contributed by atoms with E-state index in [-0.39, 0.29) is 11.8 Å². The first-order valence-electron chi connectivity index (χ1n) is 7.41. The maximum atomic E-state index is 12.2. The van der Waals surface area contributed by atoms with Gasteiger partial charge in [0, 0.05) is 11.8 Å². The number of amides is 1. The van der Waals surface area contributed by atoms with Crippen LogP contribution in [0.4, 0.5) is 0 Å². The van der Waals surface area contributed by atoms with Crippen LogP contribution >= 0.6 is 11.3 Å². The van der Waals surface area contributed by atoms with E-state index >= 15 is 0 Å². The lowest BCUT2D eigenvalue weighted by atomic mass is 9.92. The van der Waals surface area contributed by atoms with Crippen LogP contribution in [0.1, 0.15) is 49.0 Å². The summed E-state index contributed by atoms with van der Waals surface area (Å²) in [5.41, 5.74) is 0.305. The van der Waals surface area contributed by atoms with Crippen LogP contribution in [0.2, 0.25) is 0 Å². The normalized spacial score (nSPS) is 24.1. The van der Waals surface area contributed by atoms with Gasteiger partial charge in [0.1, 0.15) is 10.0 Å². The number of nitrogens with zero attached hydrogens (tertiary/aromatic N) is 2. The van der Waals surface area contributed by atoms with Crippen molar-refractivity contribution in [3.63, 3.8) is 0 Å². The zero-order chi connectivity index (χ0) is 14.2. The van der Waals surface area contributed by atoms with E-state index in [2.05, 4.69) is 34.7 Å². The summed E-state index contributed by atoms with van der Waals surface area (Å²) in [6.07, 6.45) is 3.34. The molecule has 1 aromatic rings. The summed E-state index contributed by atoms with van der Waals surface area (Å²) in [5.74, 6) is 0.827. The summed E-state index contributed by atoms with van der Waals surface area (Å²) in [5, 5.41) is 16.6. The molecule has 1 saturated carbocycles. The van der Waals surface area contributed by atoms with E-state index in [1.54, 1.807) is 11.3 Å². The molecule has 1 unspecified atom stereocenters. The lowest BCUT2D eigenvalue weighted by molar-refractivity contribution is -0.123. The predicted octanol–water partition coefficient (Wildman–Crippen LogP) is 1.67. The van der Waals surface area contributed by atoms with Crippen LogP contribution < -0.4 is 10.6 Å². The van der Waals surface area contributed by atoms with E-state index in [1.165, 1.54) is 0 Å². The minimum atomic E-state index is 0.202. The molecule has 2 N–H and O–H groups in total. The Hall–Kier alpha value is -1.01. The fourth-order valence-electron chi connectivity index (χ4n) is 3.05. The van der Waals surface area contributed by atoms with Gasteiger partial charge in [-0.25, -0.2) is 0 Å². The van der Waals surface area contributed by atoms with Gasteiger partial charge in [-0.1, -0.05) is 25.2 Å². The molecule has 5 nitrogen and oxygen atoms in total. The minimum Gasteiger partial charge on any atom is -0.349 e. The molecule has 0 bridgehead atoms. The van der Waals surface area contributed by atoms with Crippen molar-refractivity contribution >= 4 is 17.2 Å². The van der Waals surface area contributed by atoms with E-state index < -0.39 is 0 Å². The number of aromatic nitrogens is 2. The van der Waals surface area contributed by atoms with Gasteiger partial charge in [0.2, 0.25) is 5.91 Å². The molecule has 2 aliphatic rings. The Morgan fingerprint density at radius 2 is 2.20 bits per heavy atom. The molecular weight excluding hydrogens is 272 g/mol. The Morgan fingerprint density at radius 3 is 2.85 bits per heavy atom. The van der Waals surface area contributed by atoms with Gasteiger partial charge in [0.05, 0.1) is 6.54 Å². The number of hydrogen-bond acceptors (Lipinski definition) is 5. The van der Waals surface area contributed by atoms with E-state index in [0.29, 0.717) is 17.9 Å². The van der Waals surface area contributed by atoms with Gasteiger partial charge in [-0.15, -0.1) is 10.2 Å². The summed E-state index contributed by atoms with van der Waals surface area (Å²) in [6.45, 7) is 6.84. The third kappa shape index (κ3) is 2.72. The van der Waals surface area contributed by atoms with Gasteiger partial charge in [-0.2, -0.15) is 0 Å². The third-order valence-corrected chi connectivity index (χ3v) is 5.72. The Labute approximate surface area is 123 Å². The van der Waals surface area contributed by atoms with Crippen LogP contribution in [0.5, 0.6) is 0 Å². The van der Waals surface area contributed by atoms with Crippen LogP contribution in [-0.4, -0.2) is 29.2 Å². The summed E-state index contributed by atoms with van der Waals surface area (Å²) in [4.78, 5) is 12.2. The highest BCUT2D eigenvalue weighted by Crippen LogP contribution is 2.58. The average Bonchev–Trinajstić information content (AvgIpc) is 2.92. The topological polar surface area (TPSA) is 66.9 Å². The first-order chi connectivity index (χ1) is 9.61. The highest BCUT2D eigenvalue weighted by molar-refractivity contribution is 7.11. The summed E-state index contributed by atoms with van der Waals surface area (Å²) < 4.78 is 0. The molecule has 20 heavy (non-hydrogen) atoms. The van der Waals surface area contributed by atoms with Crippen molar-refractivity contribution in [1.29, 1.82) is 0 Å². The molecule has 1 atom stereocenters. The summed E-state index contributed by atoms with van der Waals surface area (Å²) >= 11 is 1.60. The lowest BCUT2D eigenvalue weighted by Crippen LogP contribution is -2.33. The quantitative estimate of drug-likeness (QED) is 0.886. The summed E-state index contributed by atoms with van der Waals surface area (Å²) in [7, 11) is 0. The second-order valence-electron chi connectivity index (χ2n) is 6.28. The molecule has 1 amide bonds. The number of piperidine rings is 1. The fourth-order valence-corrected chi connectivity index (χ4v) is 3.84. The first-order valence-corrected chi connectivity index (χ1v) is 8.23. The van der Waals surface area contributed by atoms with Gasteiger partial charge in [-0.3, -0.25) is 4.79 Å². The predicted molar refractivity (Wildman–Crippen MR) is 78.5 cm³/mol. The molecule has 1 aliphatic carbocycles. The van der Waals surface area contributed by atoms with E-state index in [9.17, 15) is 4.79 Å². The minimum absolute atomic E-state index is 0.202. The van der Waals surface area contributed by atoms with Crippen LogP contribution in [0.15, 0.2) is 0 Å². The maximum Gasteiger partial charge on any atom is 0.224 e. The van der Waals surface area contributed by atoms with Crippen molar-refractivity contribution in [2.75, 3.05) is 13.1 Å². The molecule has 3 rings (SSSR count). The SMILES string of the molecule is CC(C)c1nnc(CNC(=O)C2CC23CCNCC3)s1. The van der Waals surface area contributed by atoms with Crippen LogP contribution in [0.25, 0.3) is 0 Å². The highest BCUT2D eigenvalue weighted by atomic mass is 32.1. The average molecular weight is 294 g/mol. The largest absolute Gasteiger partial charge is 0.349 e. The monoisotopic (exact) mass is 294 g/mol. The van der Waals surface area contributed by atoms with Gasteiger partial charge in [0.15, 0.2) is 0 Å². The van der Waals surface area contributed by atoms with Crippen LogP contribution in [0.3, 0.4) is 0 Å². The Morgan fingerprint density at radius 1 is 1.45 bits per heavy atom. The van der Waals surface area contributed by atoms with Crippen molar-refractivity contribution in [3.8, 4) is 0 Å². The van der Waals surface area contributed by atoms with Crippen molar-refractivity contribution < 1.29 is 4.79 Å². The molecule has 1 spiro atoms. The Bertz CT molecular complexity index is 493. The van der Waals surface area contributed by atoms with Crippen molar-refractivity contribution in [2.45, 2.75) is 45.6 Å². The molecule has 0 aromatic carbocycles. The molecule has 1 aliphatic heterocycles. The molecule has 6 heteroatoms. The third-order valence-electron chi connectivity index (χ3n) is 4.50. The van der Waals surface area contributed by atoms with E-state index in [0.717, 1.165) is 42.4 Å². The first kappa shape index (κ1) is 13.9. The van der Waals surface area contributed by atoms with Gasteiger partial charge in [0.25, 0.3) is 0 Å². The molecule has 1 aromatic heterocycles. The molecular formula is C14H22N4OS. The van der Waals surface area contributed by atoms with Gasteiger partial charge >= 0.3 is 0 Å². The van der Waals surface area contributed by atoms with Crippen molar-refractivity contribution in [1.82, 2.24) is 20.8 Å². The molecule has 0 radical (unpaired) electrons. The lowest BCUT2D eigenvalue weighted by Gasteiger charge is -2.23.